The number of carbonyl (C=O) groups excluding carboxylic acids is 2. The quantitative estimate of drug-likeness (QED) is 0.772. The van der Waals surface area contributed by atoms with Gasteiger partial charge < -0.3 is 14.5 Å². The SMILES string of the molecule is Cc1nc2c(C)cccn2c1C(=O)N1CCCN(C(=O)OC(C)(C)C)CC1. The van der Waals surface area contributed by atoms with E-state index in [9.17, 15) is 9.59 Å². The lowest BCUT2D eigenvalue weighted by atomic mass is 10.2. The Morgan fingerprint density at radius 1 is 1.07 bits per heavy atom. The van der Waals surface area contributed by atoms with Gasteiger partial charge in [-0.25, -0.2) is 9.78 Å². The Kier molecular flexibility index (Phi) is 5.13. The van der Waals surface area contributed by atoms with Gasteiger partial charge in [-0.3, -0.25) is 9.20 Å². The molecule has 7 nitrogen and oxygen atoms in total. The van der Waals surface area contributed by atoms with Crippen molar-refractivity contribution in [3.8, 4) is 0 Å². The summed E-state index contributed by atoms with van der Waals surface area (Å²) >= 11 is 0. The number of aryl methyl sites for hydroxylation is 2. The largest absolute Gasteiger partial charge is 0.444 e. The highest BCUT2D eigenvalue weighted by Crippen LogP contribution is 2.19. The Balaban J connectivity index is 1.77. The first kappa shape index (κ1) is 19.2. The molecule has 0 spiro atoms. The summed E-state index contributed by atoms with van der Waals surface area (Å²) in [4.78, 5) is 33.6. The van der Waals surface area contributed by atoms with Crippen LogP contribution in [0, 0.1) is 13.8 Å². The van der Waals surface area contributed by atoms with Gasteiger partial charge in [0, 0.05) is 32.4 Å². The molecule has 0 atom stereocenters. The van der Waals surface area contributed by atoms with Crippen molar-refractivity contribution in [3.63, 3.8) is 0 Å². The summed E-state index contributed by atoms with van der Waals surface area (Å²) in [6, 6.07) is 3.91. The topological polar surface area (TPSA) is 67.2 Å². The van der Waals surface area contributed by atoms with Gasteiger partial charge in [0.25, 0.3) is 5.91 Å². The lowest BCUT2D eigenvalue weighted by Crippen LogP contribution is -2.40. The van der Waals surface area contributed by atoms with Crippen molar-refractivity contribution in [2.45, 2.75) is 46.6 Å². The number of aromatic nitrogens is 2. The number of hydrogen-bond donors (Lipinski definition) is 0. The summed E-state index contributed by atoms with van der Waals surface area (Å²) in [5.74, 6) is -0.0448. The maximum Gasteiger partial charge on any atom is 0.410 e. The molecule has 2 aromatic rings. The molecule has 146 valence electrons. The summed E-state index contributed by atoms with van der Waals surface area (Å²) in [6.07, 6.45) is 2.28. The number of rotatable bonds is 1. The zero-order chi connectivity index (χ0) is 19.8. The molecular formula is C20H28N4O3. The molecule has 2 aromatic heterocycles. The van der Waals surface area contributed by atoms with Crippen LogP contribution < -0.4 is 0 Å². The maximum atomic E-state index is 13.2. The zero-order valence-corrected chi connectivity index (χ0v) is 16.8. The molecule has 7 heteroatoms. The average Bonchev–Trinajstić information content (AvgIpc) is 2.76. The molecule has 3 heterocycles. The molecule has 0 radical (unpaired) electrons. The third-order valence-corrected chi connectivity index (χ3v) is 4.66. The Morgan fingerprint density at radius 2 is 1.74 bits per heavy atom. The first-order valence-electron chi connectivity index (χ1n) is 9.39. The zero-order valence-electron chi connectivity index (χ0n) is 16.8. The predicted octanol–water partition coefficient (Wildman–Crippen LogP) is 3.03. The van der Waals surface area contributed by atoms with Crippen LogP contribution in [0.25, 0.3) is 5.65 Å². The second kappa shape index (κ2) is 7.21. The van der Waals surface area contributed by atoms with Crippen LogP contribution in [0.5, 0.6) is 0 Å². The molecule has 2 amide bonds. The fourth-order valence-corrected chi connectivity index (χ4v) is 3.35. The van der Waals surface area contributed by atoms with E-state index >= 15 is 0 Å². The van der Waals surface area contributed by atoms with Crippen molar-refractivity contribution in [2.24, 2.45) is 0 Å². The molecule has 0 unspecified atom stereocenters. The molecule has 3 rings (SSSR count). The van der Waals surface area contributed by atoms with E-state index in [1.165, 1.54) is 0 Å². The number of hydrogen-bond acceptors (Lipinski definition) is 4. The van der Waals surface area contributed by atoms with Crippen LogP contribution >= 0.6 is 0 Å². The van der Waals surface area contributed by atoms with E-state index in [2.05, 4.69) is 4.98 Å². The molecule has 1 saturated heterocycles. The van der Waals surface area contributed by atoms with E-state index < -0.39 is 5.60 Å². The van der Waals surface area contributed by atoms with Crippen LogP contribution in [-0.2, 0) is 4.74 Å². The molecule has 0 aromatic carbocycles. The number of amides is 2. The highest BCUT2D eigenvalue weighted by molar-refractivity contribution is 5.95. The normalized spacial score (nSPS) is 15.7. The highest BCUT2D eigenvalue weighted by atomic mass is 16.6. The third kappa shape index (κ3) is 4.07. The van der Waals surface area contributed by atoms with Crippen molar-refractivity contribution < 1.29 is 14.3 Å². The molecule has 1 fully saturated rings. The maximum absolute atomic E-state index is 13.2. The number of fused-ring (bicyclic) bond motifs is 1. The van der Waals surface area contributed by atoms with Crippen LogP contribution in [0.15, 0.2) is 18.3 Å². The Bertz CT molecular complexity index is 866. The van der Waals surface area contributed by atoms with Gasteiger partial charge >= 0.3 is 6.09 Å². The van der Waals surface area contributed by atoms with E-state index in [1.807, 2.05) is 62.2 Å². The van der Waals surface area contributed by atoms with E-state index in [-0.39, 0.29) is 12.0 Å². The molecule has 0 saturated carbocycles. The number of carbonyl (C=O) groups is 2. The Labute approximate surface area is 159 Å². The van der Waals surface area contributed by atoms with Crippen LogP contribution in [0.1, 0.15) is 48.9 Å². The number of imidazole rings is 1. The third-order valence-electron chi connectivity index (χ3n) is 4.66. The molecule has 1 aliphatic heterocycles. The number of pyridine rings is 1. The van der Waals surface area contributed by atoms with E-state index in [0.717, 1.165) is 23.3 Å². The highest BCUT2D eigenvalue weighted by Gasteiger charge is 2.28. The number of ether oxygens (including phenoxy) is 1. The van der Waals surface area contributed by atoms with Crippen molar-refractivity contribution in [2.75, 3.05) is 26.2 Å². The fourth-order valence-electron chi connectivity index (χ4n) is 3.35. The minimum atomic E-state index is -0.523. The van der Waals surface area contributed by atoms with Crippen molar-refractivity contribution >= 4 is 17.6 Å². The van der Waals surface area contributed by atoms with Gasteiger partial charge in [-0.2, -0.15) is 0 Å². The Hall–Kier alpha value is -2.57. The lowest BCUT2D eigenvalue weighted by molar-refractivity contribution is 0.0255. The smallest absolute Gasteiger partial charge is 0.410 e. The summed E-state index contributed by atoms with van der Waals surface area (Å²) < 4.78 is 7.32. The fraction of sp³-hybridized carbons (Fsp3) is 0.550. The molecular weight excluding hydrogens is 344 g/mol. The lowest BCUT2D eigenvalue weighted by Gasteiger charge is -2.26. The van der Waals surface area contributed by atoms with Gasteiger partial charge in [-0.05, 0) is 52.7 Å². The van der Waals surface area contributed by atoms with Crippen LogP contribution in [0.4, 0.5) is 4.79 Å². The first-order chi connectivity index (χ1) is 12.7. The molecule has 0 aliphatic carbocycles. The molecule has 1 aliphatic rings. The second-order valence-corrected chi connectivity index (χ2v) is 8.04. The van der Waals surface area contributed by atoms with E-state index in [4.69, 9.17) is 4.74 Å². The first-order valence-corrected chi connectivity index (χ1v) is 9.39. The van der Waals surface area contributed by atoms with E-state index in [0.29, 0.717) is 31.9 Å². The predicted molar refractivity (Wildman–Crippen MR) is 103 cm³/mol. The van der Waals surface area contributed by atoms with E-state index in [1.54, 1.807) is 4.90 Å². The van der Waals surface area contributed by atoms with Crippen LogP contribution in [0.3, 0.4) is 0 Å². The van der Waals surface area contributed by atoms with Crippen molar-refractivity contribution in [1.29, 1.82) is 0 Å². The second-order valence-electron chi connectivity index (χ2n) is 8.04. The van der Waals surface area contributed by atoms with Gasteiger partial charge in [0.1, 0.15) is 16.9 Å². The summed E-state index contributed by atoms with van der Waals surface area (Å²) in [5.41, 5.74) is 2.64. The molecule has 0 bridgehead atoms. The van der Waals surface area contributed by atoms with Gasteiger partial charge in [-0.1, -0.05) is 6.07 Å². The van der Waals surface area contributed by atoms with Crippen LogP contribution in [-0.4, -0.2) is 63.0 Å². The summed E-state index contributed by atoms with van der Waals surface area (Å²) in [5, 5.41) is 0. The minimum absolute atomic E-state index is 0.0448. The summed E-state index contributed by atoms with van der Waals surface area (Å²) in [6.45, 7) is 11.6. The minimum Gasteiger partial charge on any atom is -0.444 e. The van der Waals surface area contributed by atoms with Crippen molar-refractivity contribution in [1.82, 2.24) is 19.2 Å². The standard InChI is InChI=1S/C20H28N4O3/c1-14-8-6-11-24-16(15(2)21-17(14)24)18(25)22-9-7-10-23(13-12-22)19(26)27-20(3,4)5/h6,8,11H,7,9-10,12-13H2,1-5H3. The average molecular weight is 372 g/mol. The van der Waals surface area contributed by atoms with Gasteiger partial charge in [0.2, 0.25) is 0 Å². The number of nitrogens with zero attached hydrogens (tertiary/aromatic N) is 4. The van der Waals surface area contributed by atoms with Gasteiger partial charge in [0.05, 0.1) is 5.69 Å². The van der Waals surface area contributed by atoms with Gasteiger partial charge in [0.15, 0.2) is 0 Å². The Morgan fingerprint density at radius 3 is 2.44 bits per heavy atom. The van der Waals surface area contributed by atoms with Crippen LogP contribution in [0.2, 0.25) is 0 Å². The molecule has 27 heavy (non-hydrogen) atoms. The van der Waals surface area contributed by atoms with Crippen molar-refractivity contribution in [3.05, 3.63) is 35.3 Å². The molecule has 0 N–H and O–H groups in total. The summed E-state index contributed by atoms with van der Waals surface area (Å²) in [7, 11) is 0. The monoisotopic (exact) mass is 372 g/mol. The van der Waals surface area contributed by atoms with Gasteiger partial charge in [-0.15, -0.1) is 0 Å².